The Bertz CT molecular complexity index is 952. The number of halogens is 1. The molecule has 1 aliphatic heterocycles. The maximum Gasteiger partial charge on any atom is 0.219 e. The predicted octanol–water partition coefficient (Wildman–Crippen LogP) is 5.37. The van der Waals surface area contributed by atoms with Gasteiger partial charge in [0.2, 0.25) is 5.88 Å². The van der Waals surface area contributed by atoms with Gasteiger partial charge in [-0.25, -0.2) is 4.98 Å². The molecule has 2 aromatic carbocycles. The molecule has 1 aromatic heterocycles. The molecule has 124 valence electrons. The average molecular weight is 350 g/mol. The van der Waals surface area contributed by atoms with Gasteiger partial charge in [0.15, 0.2) is 0 Å². The van der Waals surface area contributed by atoms with E-state index in [0.29, 0.717) is 10.9 Å². The highest BCUT2D eigenvalue weighted by Gasteiger charge is 2.09. The Hall–Kier alpha value is -2.98. The van der Waals surface area contributed by atoms with E-state index in [9.17, 15) is 0 Å². The van der Waals surface area contributed by atoms with Crippen LogP contribution in [0.25, 0.3) is 10.8 Å². The van der Waals surface area contributed by atoms with E-state index < -0.39 is 0 Å². The van der Waals surface area contributed by atoms with Crippen molar-refractivity contribution in [1.82, 2.24) is 9.88 Å². The largest absolute Gasteiger partial charge is 0.439 e. The third-order valence-corrected chi connectivity index (χ3v) is 4.18. The number of aromatic nitrogens is 1. The van der Waals surface area contributed by atoms with Crippen molar-refractivity contribution in [3.8, 4) is 11.6 Å². The van der Waals surface area contributed by atoms with Crippen LogP contribution in [0.3, 0.4) is 0 Å². The summed E-state index contributed by atoms with van der Waals surface area (Å²) >= 11 is 5.87. The van der Waals surface area contributed by atoms with Gasteiger partial charge in [0.05, 0.1) is 10.7 Å². The van der Waals surface area contributed by atoms with Crippen molar-refractivity contribution < 1.29 is 4.74 Å². The Morgan fingerprint density at radius 3 is 2.56 bits per heavy atom. The highest BCUT2D eigenvalue weighted by Crippen LogP contribution is 2.32. The molecule has 3 aromatic rings. The van der Waals surface area contributed by atoms with Crippen LogP contribution in [0.1, 0.15) is 0 Å². The van der Waals surface area contributed by atoms with Gasteiger partial charge in [0.25, 0.3) is 0 Å². The summed E-state index contributed by atoms with van der Waals surface area (Å²) in [6.45, 7) is 0. The van der Waals surface area contributed by atoms with Gasteiger partial charge in [-0.05, 0) is 29.7 Å². The van der Waals surface area contributed by atoms with Gasteiger partial charge >= 0.3 is 0 Å². The van der Waals surface area contributed by atoms with Crippen LogP contribution in [0, 0.1) is 0 Å². The number of anilines is 1. The van der Waals surface area contributed by atoms with Crippen LogP contribution in [0.15, 0.2) is 79.5 Å². The standard InChI is InChI=1S/C20H16ClN3O/c1-23-9-11-24(12-10-23)19-4-2-3-15-5-7-17(13-18(15)19)25-20-8-6-16(21)14-22-20/h2-14H,1H3. The molecule has 4 rings (SSSR count). The van der Waals surface area contributed by atoms with E-state index in [1.807, 2.05) is 54.9 Å². The van der Waals surface area contributed by atoms with E-state index in [1.54, 1.807) is 18.3 Å². The first-order chi connectivity index (χ1) is 12.2. The van der Waals surface area contributed by atoms with Crippen LogP contribution in [0.4, 0.5) is 5.69 Å². The first-order valence-corrected chi connectivity index (χ1v) is 8.26. The van der Waals surface area contributed by atoms with E-state index in [2.05, 4.69) is 28.1 Å². The van der Waals surface area contributed by atoms with E-state index in [-0.39, 0.29) is 0 Å². The zero-order chi connectivity index (χ0) is 17.2. The van der Waals surface area contributed by atoms with Crippen molar-refractivity contribution in [3.63, 3.8) is 0 Å². The molecule has 4 nitrogen and oxygen atoms in total. The molecule has 2 heterocycles. The topological polar surface area (TPSA) is 28.6 Å². The molecule has 0 saturated heterocycles. The van der Waals surface area contributed by atoms with E-state index >= 15 is 0 Å². The van der Waals surface area contributed by atoms with E-state index in [1.165, 1.54) is 0 Å². The predicted molar refractivity (Wildman–Crippen MR) is 102 cm³/mol. The number of pyridine rings is 1. The monoisotopic (exact) mass is 349 g/mol. The van der Waals surface area contributed by atoms with Gasteiger partial charge in [0, 0.05) is 49.5 Å². The molecule has 1 aliphatic rings. The van der Waals surface area contributed by atoms with Gasteiger partial charge in [-0.15, -0.1) is 0 Å². The van der Waals surface area contributed by atoms with Crippen LogP contribution < -0.4 is 9.64 Å². The zero-order valence-electron chi connectivity index (χ0n) is 13.6. The van der Waals surface area contributed by atoms with Crippen molar-refractivity contribution in [3.05, 3.63) is 84.6 Å². The van der Waals surface area contributed by atoms with Crippen LogP contribution in [-0.2, 0) is 0 Å². The van der Waals surface area contributed by atoms with Gasteiger partial charge in [-0.1, -0.05) is 29.8 Å². The van der Waals surface area contributed by atoms with Crippen molar-refractivity contribution in [2.45, 2.75) is 0 Å². The van der Waals surface area contributed by atoms with Crippen LogP contribution in [0.5, 0.6) is 11.6 Å². The lowest BCUT2D eigenvalue weighted by Crippen LogP contribution is -2.16. The molecule has 0 spiro atoms. The second-order valence-electron chi connectivity index (χ2n) is 5.75. The van der Waals surface area contributed by atoms with Crippen LogP contribution in [-0.4, -0.2) is 16.9 Å². The molecule has 0 atom stereocenters. The summed E-state index contributed by atoms with van der Waals surface area (Å²) in [6.07, 6.45) is 9.66. The fourth-order valence-electron chi connectivity index (χ4n) is 2.68. The lowest BCUT2D eigenvalue weighted by Gasteiger charge is -2.23. The third kappa shape index (κ3) is 3.30. The number of fused-ring (bicyclic) bond motifs is 1. The number of ether oxygens (including phenoxy) is 1. The summed E-state index contributed by atoms with van der Waals surface area (Å²) in [6, 6.07) is 15.8. The SMILES string of the molecule is CN1C=CN(c2cccc3ccc(Oc4ccc(Cl)cn4)cc23)C=C1. The Morgan fingerprint density at radius 1 is 0.960 bits per heavy atom. The number of hydrogen-bond acceptors (Lipinski definition) is 4. The molecule has 0 fully saturated rings. The maximum absolute atomic E-state index is 5.87. The zero-order valence-corrected chi connectivity index (χ0v) is 14.4. The molecule has 0 bridgehead atoms. The van der Waals surface area contributed by atoms with Gasteiger partial charge in [-0.3, -0.25) is 0 Å². The summed E-state index contributed by atoms with van der Waals surface area (Å²) in [4.78, 5) is 8.27. The normalized spacial score (nSPS) is 13.5. The first-order valence-electron chi connectivity index (χ1n) is 7.88. The number of benzene rings is 2. The fraction of sp³-hybridized carbons (Fsp3) is 0.0500. The minimum atomic E-state index is 0.514. The van der Waals surface area contributed by atoms with Crippen LogP contribution >= 0.6 is 11.6 Å². The van der Waals surface area contributed by atoms with Crippen molar-refractivity contribution in [2.24, 2.45) is 0 Å². The summed E-state index contributed by atoms with van der Waals surface area (Å²) in [5.74, 6) is 1.25. The maximum atomic E-state index is 5.87. The number of nitrogens with zero attached hydrogens (tertiary/aromatic N) is 3. The molecule has 0 aliphatic carbocycles. The molecule has 0 unspecified atom stereocenters. The molecule has 0 N–H and O–H groups in total. The van der Waals surface area contributed by atoms with Crippen molar-refractivity contribution >= 4 is 28.1 Å². The minimum Gasteiger partial charge on any atom is -0.439 e. The summed E-state index contributed by atoms with van der Waals surface area (Å²) in [5, 5.41) is 2.84. The van der Waals surface area contributed by atoms with Crippen molar-refractivity contribution in [1.29, 1.82) is 0 Å². The smallest absolute Gasteiger partial charge is 0.219 e. The second-order valence-corrected chi connectivity index (χ2v) is 6.18. The minimum absolute atomic E-state index is 0.514. The highest BCUT2D eigenvalue weighted by molar-refractivity contribution is 6.30. The molecule has 0 saturated carbocycles. The molecular formula is C20H16ClN3O. The lowest BCUT2D eigenvalue weighted by atomic mass is 10.1. The lowest BCUT2D eigenvalue weighted by molar-refractivity contribution is 0.463. The quantitative estimate of drug-likeness (QED) is 0.635. The van der Waals surface area contributed by atoms with E-state index in [0.717, 1.165) is 22.2 Å². The third-order valence-electron chi connectivity index (χ3n) is 3.96. The average Bonchev–Trinajstić information content (AvgIpc) is 2.64. The van der Waals surface area contributed by atoms with Crippen molar-refractivity contribution in [2.75, 3.05) is 11.9 Å². The summed E-state index contributed by atoms with van der Waals surface area (Å²) in [7, 11) is 2.00. The van der Waals surface area contributed by atoms with Gasteiger partial charge in [-0.2, -0.15) is 0 Å². The van der Waals surface area contributed by atoms with Crippen LogP contribution in [0.2, 0.25) is 5.02 Å². The molecule has 5 heteroatoms. The first kappa shape index (κ1) is 15.5. The number of rotatable bonds is 3. The molecule has 0 amide bonds. The summed E-state index contributed by atoms with van der Waals surface area (Å²) in [5.41, 5.74) is 1.09. The molecule has 25 heavy (non-hydrogen) atoms. The highest BCUT2D eigenvalue weighted by atomic mass is 35.5. The Kier molecular flexibility index (Phi) is 4.04. The molecule has 0 radical (unpaired) electrons. The van der Waals surface area contributed by atoms with Gasteiger partial charge < -0.3 is 14.5 Å². The summed E-state index contributed by atoms with van der Waals surface area (Å²) < 4.78 is 5.87. The van der Waals surface area contributed by atoms with E-state index in [4.69, 9.17) is 16.3 Å². The Labute approximate surface area is 151 Å². The van der Waals surface area contributed by atoms with Gasteiger partial charge in [0.1, 0.15) is 5.75 Å². The number of hydrogen-bond donors (Lipinski definition) is 0. The Morgan fingerprint density at radius 2 is 1.80 bits per heavy atom. The Balaban J connectivity index is 1.71. The molecular weight excluding hydrogens is 334 g/mol. The second kappa shape index (κ2) is 6.49. The fourth-order valence-corrected chi connectivity index (χ4v) is 2.79.